The molecule has 0 unspecified atom stereocenters. The van der Waals surface area contributed by atoms with Crippen molar-refractivity contribution in [3.63, 3.8) is 0 Å². The van der Waals surface area contributed by atoms with Crippen molar-refractivity contribution in [3.8, 4) is 0 Å². The molecule has 3 heterocycles. The van der Waals surface area contributed by atoms with E-state index in [1.54, 1.807) is 30.3 Å². The van der Waals surface area contributed by atoms with E-state index in [9.17, 15) is 13.2 Å². The number of rotatable bonds is 5. The Hall–Kier alpha value is -2.26. The average molecular weight is 404 g/mol. The van der Waals surface area contributed by atoms with Gasteiger partial charge in [0, 0.05) is 32.1 Å². The number of piperidine rings is 1. The highest BCUT2D eigenvalue weighted by molar-refractivity contribution is 7.89. The minimum absolute atomic E-state index is 0.0189. The molecule has 8 nitrogen and oxygen atoms in total. The van der Waals surface area contributed by atoms with Crippen LogP contribution < -0.4 is 0 Å². The highest BCUT2D eigenvalue weighted by Crippen LogP contribution is 2.30. The number of carbonyl (C=O) groups is 1. The quantitative estimate of drug-likeness (QED) is 0.754. The smallest absolute Gasteiger partial charge is 0.243 e. The van der Waals surface area contributed by atoms with Crippen LogP contribution in [0.25, 0.3) is 0 Å². The number of carbonyl (C=O) groups excluding carboxylic acids is 1. The molecule has 0 aliphatic carbocycles. The number of sulfonamides is 1. The maximum Gasteiger partial charge on any atom is 0.243 e. The number of hydrogen-bond acceptors (Lipinski definition) is 6. The van der Waals surface area contributed by atoms with Crippen LogP contribution >= 0.6 is 0 Å². The molecular weight excluding hydrogens is 380 g/mol. The zero-order valence-electron chi connectivity index (χ0n) is 15.7. The lowest BCUT2D eigenvalue weighted by molar-refractivity contribution is -0.129. The van der Waals surface area contributed by atoms with E-state index in [-0.39, 0.29) is 18.2 Å². The Labute approximate surface area is 164 Å². The van der Waals surface area contributed by atoms with Gasteiger partial charge in [-0.3, -0.25) is 4.79 Å². The second-order valence-corrected chi connectivity index (χ2v) is 9.23. The summed E-state index contributed by atoms with van der Waals surface area (Å²) in [6.45, 7) is 2.42. The summed E-state index contributed by atoms with van der Waals surface area (Å²) in [6.07, 6.45) is 3.46. The molecule has 0 atom stereocenters. The van der Waals surface area contributed by atoms with Crippen molar-refractivity contribution >= 4 is 15.9 Å². The Morgan fingerprint density at radius 1 is 1.04 bits per heavy atom. The number of hydrogen-bond donors (Lipinski definition) is 0. The molecule has 2 aromatic rings. The SMILES string of the molecule is O=C(Cc1nnc(C2CCN(S(=O)(=O)c3ccccc3)CC2)o1)N1CCCC1. The van der Waals surface area contributed by atoms with E-state index >= 15 is 0 Å². The molecule has 1 aromatic carbocycles. The van der Waals surface area contributed by atoms with Gasteiger partial charge in [0.15, 0.2) is 0 Å². The molecule has 28 heavy (non-hydrogen) atoms. The first kappa shape index (κ1) is 19.1. The Morgan fingerprint density at radius 2 is 1.71 bits per heavy atom. The van der Waals surface area contributed by atoms with Crippen LogP contribution in [0, 0.1) is 0 Å². The summed E-state index contributed by atoms with van der Waals surface area (Å²) >= 11 is 0. The Morgan fingerprint density at radius 3 is 2.39 bits per heavy atom. The number of amides is 1. The van der Waals surface area contributed by atoms with E-state index in [0.29, 0.717) is 42.6 Å². The van der Waals surface area contributed by atoms with Crippen molar-refractivity contribution in [1.29, 1.82) is 0 Å². The normalized spacial score (nSPS) is 19.2. The zero-order chi connectivity index (χ0) is 19.6. The molecule has 0 spiro atoms. The second-order valence-electron chi connectivity index (χ2n) is 7.29. The van der Waals surface area contributed by atoms with Gasteiger partial charge in [-0.25, -0.2) is 8.42 Å². The molecule has 0 N–H and O–H groups in total. The molecule has 2 aliphatic rings. The molecule has 2 fully saturated rings. The van der Waals surface area contributed by atoms with Crippen LogP contribution in [-0.2, 0) is 21.2 Å². The first-order valence-electron chi connectivity index (χ1n) is 9.69. The highest BCUT2D eigenvalue weighted by atomic mass is 32.2. The summed E-state index contributed by atoms with van der Waals surface area (Å²) < 4.78 is 32.7. The third-order valence-corrected chi connectivity index (χ3v) is 7.34. The van der Waals surface area contributed by atoms with Crippen LogP contribution in [0.4, 0.5) is 0 Å². The molecule has 9 heteroatoms. The van der Waals surface area contributed by atoms with Crippen LogP contribution in [0.2, 0.25) is 0 Å². The maximum absolute atomic E-state index is 12.7. The molecule has 2 aliphatic heterocycles. The van der Waals surface area contributed by atoms with Gasteiger partial charge in [0.25, 0.3) is 0 Å². The molecular formula is C19H24N4O4S. The molecule has 4 rings (SSSR count). The fourth-order valence-corrected chi connectivity index (χ4v) is 5.29. The lowest BCUT2D eigenvalue weighted by atomic mass is 9.98. The van der Waals surface area contributed by atoms with Crippen LogP contribution in [0.3, 0.4) is 0 Å². The number of aromatic nitrogens is 2. The van der Waals surface area contributed by atoms with Gasteiger partial charge in [-0.05, 0) is 37.8 Å². The van der Waals surface area contributed by atoms with Crippen molar-refractivity contribution < 1.29 is 17.6 Å². The largest absolute Gasteiger partial charge is 0.424 e. The van der Waals surface area contributed by atoms with Gasteiger partial charge < -0.3 is 9.32 Å². The predicted octanol–water partition coefficient (Wildman–Crippen LogP) is 1.80. The summed E-state index contributed by atoms with van der Waals surface area (Å²) in [5, 5.41) is 8.13. The first-order valence-corrected chi connectivity index (χ1v) is 11.1. The van der Waals surface area contributed by atoms with E-state index in [1.165, 1.54) is 4.31 Å². The molecule has 0 bridgehead atoms. The van der Waals surface area contributed by atoms with E-state index in [0.717, 1.165) is 25.9 Å². The second kappa shape index (κ2) is 8.00. The summed E-state index contributed by atoms with van der Waals surface area (Å²) in [7, 11) is -3.47. The van der Waals surface area contributed by atoms with Gasteiger partial charge in [-0.15, -0.1) is 10.2 Å². The lowest BCUT2D eigenvalue weighted by Crippen LogP contribution is -2.37. The van der Waals surface area contributed by atoms with Crippen LogP contribution in [-0.4, -0.2) is 59.9 Å². The Bertz CT molecular complexity index is 914. The van der Waals surface area contributed by atoms with Crippen molar-refractivity contribution in [3.05, 3.63) is 42.1 Å². The number of benzene rings is 1. The van der Waals surface area contributed by atoms with Gasteiger partial charge in [-0.1, -0.05) is 18.2 Å². The van der Waals surface area contributed by atoms with Crippen molar-refractivity contribution in [2.24, 2.45) is 0 Å². The van der Waals surface area contributed by atoms with Gasteiger partial charge >= 0.3 is 0 Å². The predicted molar refractivity (Wildman–Crippen MR) is 101 cm³/mol. The third-order valence-electron chi connectivity index (χ3n) is 5.43. The Balaban J connectivity index is 1.35. The monoisotopic (exact) mass is 404 g/mol. The molecule has 1 amide bonds. The molecule has 1 aromatic heterocycles. The minimum atomic E-state index is -3.47. The maximum atomic E-state index is 12.7. The van der Waals surface area contributed by atoms with Gasteiger partial charge in [-0.2, -0.15) is 4.31 Å². The minimum Gasteiger partial charge on any atom is -0.424 e. The fraction of sp³-hybridized carbons (Fsp3) is 0.526. The molecule has 2 saturated heterocycles. The fourth-order valence-electron chi connectivity index (χ4n) is 3.80. The van der Waals surface area contributed by atoms with E-state index in [2.05, 4.69) is 10.2 Å². The number of nitrogens with zero attached hydrogens (tertiary/aromatic N) is 4. The van der Waals surface area contributed by atoms with Crippen molar-refractivity contribution in [2.75, 3.05) is 26.2 Å². The van der Waals surface area contributed by atoms with Crippen LogP contribution in [0.5, 0.6) is 0 Å². The summed E-state index contributed by atoms with van der Waals surface area (Å²) in [5.74, 6) is 0.883. The molecule has 150 valence electrons. The van der Waals surface area contributed by atoms with Crippen molar-refractivity contribution in [2.45, 2.75) is 42.9 Å². The first-order chi connectivity index (χ1) is 13.5. The topological polar surface area (TPSA) is 96.6 Å². The zero-order valence-corrected chi connectivity index (χ0v) is 16.5. The molecule has 0 radical (unpaired) electrons. The van der Waals surface area contributed by atoms with E-state index in [1.807, 2.05) is 4.90 Å². The number of likely N-dealkylation sites (tertiary alicyclic amines) is 1. The van der Waals surface area contributed by atoms with Crippen molar-refractivity contribution in [1.82, 2.24) is 19.4 Å². The van der Waals surface area contributed by atoms with E-state index < -0.39 is 10.0 Å². The van der Waals surface area contributed by atoms with E-state index in [4.69, 9.17) is 4.42 Å². The summed E-state index contributed by atoms with van der Waals surface area (Å²) in [5.41, 5.74) is 0. The summed E-state index contributed by atoms with van der Waals surface area (Å²) in [4.78, 5) is 14.4. The average Bonchev–Trinajstić information content (AvgIpc) is 3.41. The standard InChI is InChI=1S/C19H24N4O4S/c24-18(22-10-4-5-11-22)14-17-20-21-19(27-17)15-8-12-23(13-9-15)28(25,26)16-6-2-1-3-7-16/h1-3,6-7,15H,4-5,8-14H2. The van der Waals surface area contributed by atoms with Gasteiger partial charge in [0.05, 0.1) is 4.90 Å². The lowest BCUT2D eigenvalue weighted by Gasteiger charge is -2.29. The molecule has 0 saturated carbocycles. The highest BCUT2D eigenvalue weighted by Gasteiger charge is 2.32. The Kier molecular flexibility index (Phi) is 5.45. The summed E-state index contributed by atoms with van der Waals surface area (Å²) in [6, 6.07) is 8.48. The third kappa shape index (κ3) is 3.95. The van der Waals surface area contributed by atoms with Gasteiger partial charge in [0.1, 0.15) is 6.42 Å². The van der Waals surface area contributed by atoms with Crippen LogP contribution in [0.15, 0.2) is 39.6 Å². The van der Waals surface area contributed by atoms with Crippen LogP contribution in [0.1, 0.15) is 43.4 Å². The van der Waals surface area contributed by atoms with Gasteiger partial charge in [0.2, 0.25) is 27.7 Å².